The van der Waals surface area contributed by atoms with E-state index in [2.05, 4.69) is 28.6 Å². The number of halogens is 1. The summed E-state index contributed by atoms with van der Waals surface area (Å²) >= 11 is 5.92. The summed E-state index contributed by atoms with van der Waals surface area (Å²) in [5.41, 5.74) is 9.32. The smallest absolute Gasteiger partial charge is 0.0954 e. The number of aryl methyl sites for hydroxylation is 1. The number of imidazole rings is 1. The van der Waals surface area contributed by atoms with Gasteiger partial charge < -0.3 is 10.3 Å². The van der Waals surface area contributed by atoms with E-state index in [0.29, 0.717) is 12.6 Å². The Bertz CT molecular complexity index is 531. The van der Waals surface area contributed by atoms with E-state index < -0.39 is 0 Å². The molecule has 102 valence electrons. The zero-order valence-corrected chi connectivity index (χ0v) is 12.2. The van der Waals surface area contributed by atoms with Gasteiger partial charge in [-0.2, -0.15) is 0 Å². The maximum absolute atomic E-state index is 5.92. The van der Waals surface area contributed by atoms with Crippen molar-refractivity contribution in [3.05, 3.63) is 52.6 Å². The second-order valence-corrected chi connectivity index (χ2v) is 5.32. The molecule has 1 unspecified atom stereocenters. The Morgan fingerprint density at radius 3 is 2.47 bits per heavy atom. The summed E-state index contributed by atoms with van der Waals surface area (Å²) in [5, 5.41) is 0.772. The van der Waals surface area contributed by atoms with E-state index in [-0.39, 0.29) is 0 Å². The summed E-state index contributed by atoms with van der Waals surface area (Å²) < 4.78 is 2.23. The number of benzene rings is 1. The maximum atomic E-state index is 5.92. The Morgan fingerprint density at radius 2 is 1.95 bits per heavy atom. The highest BCUT2D eigenvalue weighted by molar-refractivity contribution is 6.30. The molecule has 0 aliphatic heterocycles. The summed E-state index contributed by atoms with van der Waals surface area (Å²) in [6.45, 7) is 4.82. The van der Waals surface area contributed by atoms with Crippen molar-refractivity contribution in [3.63, 3.8) is 0 Å². The second kappa shape index (κ2) is 6.22. The lowest BCUT2D eigenvalue weighted by Gasteiger charge is -2.20. The molecule has 0 fully saturated rings. The van der Waals surface area contributed by atoms with Gasteiger partial charge in [0.15, 0.2) is 0 Å². The Hall–Kier alpha value is -1.32. The van der Waals surface area contributed by atoms with E-state index >= 15 is 0 Å². The molecule has 2 N–H and O–H groups in total. The van der Waals surface area contributed by atoms with Crippen LogP contribution in [0.1, 0.15) is 29.4 Å². The molecule has 0 aliphatic rings. The minimum Gasteiger partial charge on any atom is -0.331 e. The lowest BCUT2D eigenvalue weighted by Crippen LogP contribution is -2.17. The number of hydrogen-bond acceptors (Lipinski definition) is 2. The van der Waals surface area contributed by atoms with E-state index in [0.717, 1.165) is 23.6 Å². The van der Waals surface area contributed by atoms with Crippen LogP contribution in [0, 0.1) is 13.8 Å². The van der Waals surface area contributed by atoms with E-state index in [1.165, 1.54) is 11.3 Å². The van der Waals surface area contributed by atoms with Gasteiger partial charge in [0.25, 0.3) is 0 Å². The molecule has 1 aromatic heterocycles. The summed E-state index contributed by atoms with van der Waals surface area (Å²) in [5.74, 6) is 0. The van der Waals surface area contributed by atoms with Crippen molar-refractivity contribution < 1.29 is 0 Å². The van der Waals surface area contributed by atoms with Crippen LogP contribution in [-0.4, -0.2) is 16.1 Å². The number of hydrogen-bond donors (Lipinski definition) is 1. The molecule has 0 radical (unpaired) electrons. The molecule has 0 aliphatic carbocycles. The molecule has 2 aromatic rings. The van der Waals surface area contributed by atoms with Crippen LogP contribution in [0.4, 0.5) is 0 Å². The molecule has 0 saturated carbocycles. The van der Waals surface area contributed by atoms with Crippen LogP contribution in [0.2, 0.25) is 5.02 Å². The van der Waals surface area contributed by atoms with Gasteiger partial charge in [0.05, 0.1) is 12.0 Å². The van der Waals surface area contributed by atoms with E-state index in [1.54, 1.807) is 0 Å². The third kappa shape index (κ3) is 3.37. The molecule has 3 nitrogen and oxygen atoms in total. The SMILES string of the molecule is Cc1ncn(C(CCN)Cc2ccc(Cl)cc2)c1C. The first-order valence-electron chi connectivity index (χ1n) is 6.56. The van der Waals surface area contributed by atoms with Crippen molar-refractivity contribution >= 4 is 11.6 Å². The van der Waals surface area contributed by atoms with Gasteiger partial charge >= 0.3 is 0 Å². The first-order chi connectivity index (χ1) is 9.11. The predicted octanol–water partition coefficient (Wildman–Crippen LogP) is 3.29. The zero-order chi connectivity index (χ0) is 13.8. The summed E-state index contributed by atoms with van der Waals surface area (Å²) in [7, 11) is 0. The highest BCUT2D eigenvalue weighted by atomic mass is 35.5. The zero-order valence-electron chi connectivity index (χ0n) is 11.4. The maximum Gasteiger partial charge on any atom is 0.0954 e. The van der Waals surface area contributed by atoms with Crippen molar-refractivity contribution in [3.8, 4) is 0 Å². The van der Waals surface area contributed by atoms with Gasteiger partial charge in [-0.05, 0) is 50.9 Å². The Balaban J connectivity index is 2.21. The Morgan fingerprint density at radius 1 is 1.26 bits per heavy atom. The summed E-state index contributed by atoms with van der Waals surface area (Å²) in [6, 6.07) is 8.37. The predicted molar refractivity (Wildman–Crippen MR) is 79.6 cm³/mol. The fraction of sp³-hybridized carbons (Fsp3) is 0.400. The molecule has 19 heavy (non-hydrogen) atoms. The highest BCUT2D eigenvalue weighted by Gasteiger charge is 2.14. The molecule has 1 aromatic carbocycles. The van der Waals surface area contributed by atoms with Crippen LogP contribution in [0.25, 0.3) is 0 Å². The van der Waals surface area contributed by atoms with Crippen LogP contribution in [0.3, 0.4) is 0 Å². The summed E-state index contributed by atoms with van der Waals surface area (Å²) in [4.78, 5) is 4.38. The van der Waals surface area contributed by atoms with Crippen LogP contribution >= 0.6 is 11.6 Å². The standard InChI is InChI=1S/C15H20ClN3/c1-11-12(2)19(10-18-11)15(7-8-17)9-13-3-5-14(16)6-4-13/h3-6,10,15H,7-9,17H2,1-2H3. The van der Waals surface area contributed by atoms with Gasteiger partial charge in [-0.3, -0.25) is 0 Å². The number of aromatic nitrogens is 2. The minimum atomic E-state index is 0.354. The first kappa shape index (κ1) is 14.1. The fourth-order valence-electron chi connectivity index (χ4n) is 2.31. The summed E-state index contributed by atoms with van der Waals surface area (Å²) in [6.07, 6.45) is 3.81. The molecular formula is C15H20ClN3. The molecular weight excluding hydrogens is 258 g/mol. The van der Waals surface area contributed by atoms with Gasteiger partial charge in [0.2, 0.25) is 0 Å². The lowest BCUT2D eigenvalue weighted by molar-refractivity contribution is 0.461. The second-order valence-electron chi connectivity index (χ2n) is 4.88. The third-order valence-corrected chi connectivity index (χ3v) is 3.82. The molecule has 4 heteroatoms. The van der Waals surface area contributed by atoms with Crippen LogP contribution < -0.4 is 5.73 Å². The van der Waals surface area contributed by atoms with Crippen LogP contribution in [-0.2, 0) is 6.42 Å². The molecule has 0 bridgehead atoms. The van der Waals surface area contributed by atoms with Crippen molar-refractivity contribution in [1.82, 2.24) is 9.55 Å². The molecule has 0 saturated heterocycles. The largest absolute Gasteiger partial charge is 0.331 e. The fourth-order valence-corrected chi connectivity index (χ4v) is 2.43. The average molecular weight is 278 g/mol. The monoisotopic (exact) mass is 277 g/mol. The van der Waals surface area contributed by atoms with Crippen molar-refractivity contribution in [1.29, 1.82) is 0 Å². The number of nitrogens with two attached hydrogens (primary N) is 1. The highest BCUT2D eigenvalue weighted by Crippen LogP contribution is 2.22. The van der Waals surface area contributed by atoms with E-state index in [1.807, 2.05) is 25.4 Å². The van der Waals surface area contributed by atoms with Gasteiger partial charge in [-0.1, -0.05) is 23.7 Å². The van der Waals surface area contributed by atoms with Crippen molar-refractivity contribution in [2.45, 2.75) is 32.7 Å². The quantitative estimate of drug-likeness (QED) is 0.911. The number of rotatable bonds is 5. The Labute approximate surface area is 119 Å². The van der Waals surface area contributed by atoms with Crippen LogP contribution in [0.5, 0.6) is 0 Å². The number of nitrogens with zero attached hydrogens (tertiary/aromatic N) is 2. The van der Waals surface area contributed by atoms with Crippen molar-refractivity contribution in [2.24, 2.45) is 5.73 Å². The average Bonchev–Trinajstić information content (AvgIpc) is 2.72. The van der Waals surface area contributed by atoms with Gasteiger partial charge in [-0.25, -0.2) is 4.98 Å². The molecule has 1 heterocycles. The Kier molecular flexibility index (Phi) is 4.61. The van der Waals surface area contributed by atoms with Crippen molar-refractivity contribution in [2.75, 3.05) is 6.54 Å². The van der Waals surface area contributed by atoms with Gasteiger partial charge in [-0.15, -0.1) is 0 Å². The van der Waals surface area contributed by atoms with Gasteiger partial charge in [0, 0.05) is 16.8 Å². The molecule has 1 atom stereocenters. The molecule has 0 spiro atoms. The van der Waals surface area contributed by atoms with E-state index in [9.17, 15) is 0 Å². The first-order valence-corrected chi connectivity index (χ1v) is 6.94. The molecule has 0 amide bonds. The third-order valence-electron chi connectivity index (χ3n) is 3.56. The lowest BCUT2D eigenvalue weighted by atomic mass is 10.0. The minimum absolute atomic E-state index is 0.354. The molecule has 2 rings (SSSR count). The van der Waals surface area contributed by atoms with E-state index in [4.69, 9.17) is 17.3 Å². The topological polar surface area (TPSA) is 43.8 Å². The van der Waals surface area contributed by atoms with Gasteiger partial charge in [0.1, 0.15) is 0 Å². The van der Waals surface area contributed by atoms with Crippen LogP contribution in [0.15, 0.2) is 30.6 Å². The normalized spacial score (nSPS) is 12.6.